The first-order valence-corrected chi connectivity index (χ1v) is 11.9. The summed E-state index contributed by atoms with van der Waals surface area (Å²) in [5.41, 5.74) is 2.20. The molecule has 1 amide bonds. The first-order chi connectivity index (χ1) is 16.1. The summed E-state index contributed by atoms with van der Waals surface area (Å²) in [6.07, 6.45) is 8.72. The number of hydrogen-bond donors (Lipinski definition) is 1. The van der Waals surface area contributed by atoms with Gasteiger partial charge in [-0.25, -0.2) is 4.98 Å². The van der Waals surface area contributed by atoms with E-state index in [2.05, 4.69) is 10.3 Å². The molecule has 0 spiro atoms. The number of benzene rings is 2. The second-order valence-electron chi connectivity index (χ2n) is 8.90. The Morgan fingerprint density at radius 1 is 1.12 bits per heavy atom. The number of ketones is 1. The lowest BCUT2D eigenvalue weighted by Crippen LogP contribution is -2.41. The lowest BCUT2D eigenvalue weighted by molar-refractivity contribution is -0.122. The van der Waals surface area contributed by atoms with Gasteiger partial charge in [0.1, 0.15) is 11.3 Å². The van der Waals surface area contributed by atoms with E-state index in [1.807, 2.05) is 30.3 Å². The van der Waals surface area contributed by atoms with Crippen LogP contribution >= 0.6 is 0 Å². The van der Waals surface area contributed by atoms with Crippen LogP contribution < -0.4 is 10.1 Å². The van der Waals surface area contributed by atoms with Gasteiger partial charge in [0.05, 0.1) is 13.2 Å². The van der Waals surface area contributed by atoms with Crippen LogP contribution in [0.1, 0.15) is 67.6 Å². The normalized spacial score (nSPS) is 15.3. The molecule has 0 aliphatic heterocycles. The molecular formula is C27H32N2O4. The first-order valence-electron chi connectivity index (χ1n) is 11.9. The molecular weight excluding hydrogens is 416 g/mol. The Morgan fingerprint density at radius 2 is 1.91 bits per heavy atom. The van der Waals surface area contributed by atoms with E-state index in [9.17, 15) is 9.59 Å². The van der Waals surface area contributed by atoms with Crippen LogP contribution in [0, 0.1) is 5.92 Å². The van der Waals surface area contributed by atoms with Crippen molar-refractivity contribution < 1.29 is 18.7 Å². The highest BCUT2D eigenvalue weighted by Crippen LogP contribution is 2.27. The molecule has 1 aliphatic carbocycles. The topological polar surface area (TPSA) is 81.4 Å². The lowest BCUT2D eigenvalue weighted by atomic mass is 9.86. The number of ether oxygens (including phenoxy) is 1. The van der Waals surface area contributed by atoms with Gasteiger partial charge in [-0.15, -0.1) is 0 Å². The van der Waals surface area contributed by atoms with E-state index in [1.54, 1.807) is 25.3 Å². The van der Waals surface area contributed by atoms with Gasteiger partial charge in [0, 0.05) is 12.5 Å². The molecule has 1 unspecified atom stereocenters. The van der Waals surface area contributed by atoms with Crippen molar-refractivity contribution in [2.75, 3.05) is 7.11 Å². The Bertz CT molecular complexity index is 1070. The molecule has 6 heteroatoms. The largest absolute Gasteiger partial charge is 0.497 e. The molecule has 1 aromatic heterocycles. The van der Waals surface area contributed by atoms with Crippen LogP contribution in [0.3, 0.4) is 0 Å². The summed E-state index contributed by atoms with van der Waals surface area (Å²) in [7, 11) is 1.58. The Hall–Kier alpha value is -3.15. The summed E-state index contributed by atoms with van der Waals surface area (Å²) in [5, 5.41) is 2.98. The van der Waals surface area contributed by atoms with Gasteiger partial charge in [-0.05, 0) is 42.9 Å². The summed E-state index contributed by atoms with van der Waals surface area (Å²) < 4.78 is 11.0. The zero-order chi connectivity index (χ0) is 23.0. The second-order valence-corrected chi connectivity index (χ2v) is 8.90. The number of carbonyl (C=O) groups excluding carboxylic acids is 2. The van der Waals surface area contributed by atoms with Crippen molar-refractivity contribution in [1.82, 2.24) is 10.3 Å². The molecule has 6 nitrogen and oxygen atoms in total. The van der Waals surface area contributed by atoms with Crippen LogP contribution in [-0.4, -0.2) is 29.8 Å². The quantitative estimate of drug-likeness (QED) is 0.414. The number of carbonyl (C=O) groups is 2. The zero-order valence-electron chi connectivity index (χ0n) is 19.2. The van der Waals surface area contributed by atoms with E-state index in [0.29, 0.717) is 42.0 Å². The number of Topliss-reactive ketones (excluding diaryl/α,β-unsaturated/α-hetero) is 1. The highest BCUT2D eigenvalue weighted by atomic mass is 16.5. The van der Waals surface area contributed by atoms with Crippen LogP contribution in [0.15, 0.2) is 52.9 Å². The Balaban J connectivity index is 1.46. The van der Waals surface area contributed by atoms with Gasteiger partial charge in [-0.1, -0.05) is 62.4 Å². The average molecular weight is 449 g/mol. The summed E-state index contributed by atoms with van der Waals surface area (Å²) in [5.74, 6) is 0.905. The van der Waals surface area contributed by atoms with Crippen molar-refractivity contribution in [1.29, 1.82) is 0 Å². The van der Waals surface area contributed by atoms with Crippen LogP contribution in [0.25, 0.3) is 11.1 Å². The van der Waals surface area contributed by atoms with Crippen molar-refractivity contribution >= 4 is 22.8 Å². The molecule has 1 aliphatic rings. The third-order valence-corrected chi connectivity index (χ3v) is 6.53. The molecule has 1 saturated carbocycles. The number of oxazole rings is 1. The third kappa shape index (κ3) is 6.21. The predicted octanol–water partition coefficient (Wildman–Crippen LogP) is 5.50. The molecule has 174 valence electrons. The second kappa shape index (κ2) is 11.1. The van der Waals surface area contributed by atoms with E-state index in [1.165, 1.54) is 32.1 Å². The minimum atomic E-state index is -0.681. The molecule has 0 bridgehead atoms. The first kappa shape index (κ1) is 23.0. The fourth-order valence-corrected chi connectivity index (χ4v) is 4.59. The summed E-state index contributed by atoms with van der Waals surface area (Å²) in [6.45, 7) is 0. The van der Waals surface area contributed by atoms with E-state index >= 15 is 0 Å². The van der Waals surface area contributed by atoms with E-state index < -0.39 is 6.04 Å². The number of aryl methyl sites for hydroxylation is 1. The molecule has 1 atom stereocenters. The minimum absolute atomic E-state index is 0.0175. The van der Waals surface area contributed by atoms with E-state index in [-0.39, 0.29) is 17.6 Å². The number of fused-ring (bicyclic) bond motifs is 1. The van der Waals surface area contributed by atoms with Crippen molar-refractivity contribution in [3.63, 3.8) is 0 Å². The molecule has 2 aromatic carbocycles. The maximum absolute atomic E-state index is 13.3. The molecule has 33 heavy (non-hydrogen) atoms. The number of aromatic nitrogens is 1. The van der Waals surface area contributed by atoms with Gasteiger partial charge in [-0.2, -0.15) is 0 Å². The predicted molar refractivity (Wildman–Crippen MR) is 127 cm³/mol. The van der Waals surface area contributed by atoms with Gasteiger partial charge in [0.15, 0.2) is 5.58 Å². The summed E-state index contributed by atoms with van der Waals surface area (Å²) in [6, 6.07) is 14.5. The highest BCUT2D eigenvalue weighted by molar-refractivity contribution is 6.00. The van der Waals surface area contributed by atoms with E-state index in [4.69, 9.17) is 9.15 Å². The average Bonchev–Trinajstić information content (AvgIpc) is 3.29. The van der Waals surface area contributed by atoms with Crippen molar-refractivity contribution in [3.05, 3.63) is 60.0 Å². The molecule has 3 aromatic rings. The number of hydrogen-bond acceptors (Lipinski definition) is 5. The Morgan fingerprint density at radius 3 is 2.67 bits per heavy atom. The molecule has 4 rings (SSSR count). The minimum Gasteiger partial charge on any atom is -0.497 e. The van der Waals surface area contributed by atoms with Gasteiger partial charge in [0.25, 0.3) is 5.89 Å². The molecule has 0 radical (unpaired) electrons. The van der Waals surface area contributed by atoms with Gasteiger partial charge in [-0.3, -0.25) is 9.59 Å². The zero-order valence-corrected chi connectivity index (χ0v) is 19.2. The van der Waals surface area contributed by atoms with Gasteiger partial charge >= 0.3 is 0 Å². The number of amides is 1. The van der Waals surface area contributed by atoms with Gasteiger partial charge < -0.3 is 14.5 Å². The standard InChI is InChI=1S/C27H32N2O4/c1-32-21-14-16-24-23(18-21)29-27(33-24)26(31)22(15-12-19-8-4-2-5-9-19)28-25(30)17-13-20-10-6-3-7-11-20/h2,4-5,8-9,14,16,18,20,22H,3,6-7,10-13,15,17H2,1H3,(H,28,30). The number of nitrogens with one attached hydrogen (secondary N) is 1. The molecule has 0 saturated heterocycles. The SMILES string of the molecule is COc1ccc2oc(C(=O)C(CCc3ccccc3)NC(=O)CCC3CCCCC3)nc2c1. The Labute approximate surface area is 194 Å². The van der Waals surface area contributed by atoms with Crippen molar-refractivity contribution in [3.8, 4) is 5.75 Å². The smallest absolute Gasteiger partial charge is 0.266 e. The molecule has 1 N–H and O–H groups in total. The molecule has 1 heterocycles. The monoisotopic (exact) mass is 448 g/mol. The van der Waals surface area contributed by atoms with Crippen LogP contribution in [0.2, 0.25) is 0 Å². The van der Waals surface area contributed by atoms with Crippen LogP contribution in [0.5, 0.6) is 5.75 Å². The van der Waals surface area contributed by atoms with Gasteiger partial charge in [0.2, 0.25) is 11.7 Å². The maximum Gasteiger partial charge on any atom is 0.266 e. The highest BCUT2D eigenvalue weighted by Gasteiger charge is 2.27. The fraction of sp³-hybridized carbons (Fsp3) is 0.444. The number of nitrogens with zero attached hydrogens (tertiary/aromatic N) is 1. The summed E-state index contributed by atoms with van der Waals surface area (Å²) >= 11 is 0. The van der Waals surface area contributed by atoms with Crippen LogP contribution in [0.4, 0.5) is 0 Å². The van der Waals surface area contributed by atoms with Crippen LogP contribution in [-0.2, 0) is 11.2 Å². The number of rotatable bonds is 10. The van der Waals surface area contributed by atoms with Crippen molar-refractivity contribution in [2.45, 2.75) is 63.8 Å². The fourth-order valence-electron chi connectivity index (χ4n) is 4.59. The lowest BCUT2D eigenvalue weighted by Gasteiger charge is -2.22. The third-order valence-electron chi connectivity index (χ3n) is 6.53. The number of methoxy groups -OCH3 is 1. The molecule has 1 fully saturated rings. The Kier molecular flexibility index (Phi) is 7.76. The van der Waals surface area contributed by atoms with Crippen molar-refractivity contribution in [2.24, 2.45) is 5.92 Å². The summed E-state index contributed by atoms with van der Waals surface area (Å²) in [4.78, 5) is 30.5. The maximum atomic E-state index is 13.3. The van der Waals surface area contributed by atoms with E-state index in [0.717, 1.165) is 12.0 Å².